The smallest absolute Gasteiger partial charge is 0.339 e. The van der Waals surface area contributed by atoms with Crippen molar-refractivity contribution in [2.75, 3.05) is 34.3 Å². The minimum absolute atomic E-state index is 0.0738. The Bertz CT molecular complexity index is 1100. The monoisotopic (exact) mass is 489 g/mol. The molecule has 1 aromatic heterocycles. The lowest BCUT2D eigenvalue weighted by Gasteiger charge is -2.35. The topological polar surface area (TPSA) is 54.9 Å². The van der Waals surface area contributed by atoms with Crippen LogP contribution in [-0.4, -0.2) is 66.7 Å². The van der Waals surface area contributed by atoms with Crippen molar-refractivity contribution >= 4 is 5.97 Å². The average Bonchev–Trinajstić information content (AvgIpc) is 3.50. The molecule has 1 aromatic rings. The van der Waals surface area contributed by atoms with Crippen molar-refractivity contribution in [2.24, 2.45) is 5.92 Å². The first-order valence-corrected chi connectivity index (χ1v) is 12.8. The molecular formula is C30H39N3O3. The van der Waals surface area contributed by atoms with Crippen molar-refractivity contribution < 1.29 is 14.3 Å². The van der Waals surface area contributed by atoms with Gasteiger partial charge in [-0.15, -0.1) is 0 Å². The third-order valence-corrected chi connectivity index (χ3v) is 7.75. The maximum absolute atomic E-state index is 11.6. The Hall–Kier alpha value is -2.96. The normalized spacial score (nSPS) is 24.8. The molecule has 0 bridgehead atoms. The van der Waals surface area contributed by atoms with Gasteiger partial charge in [0.05, 0.1) is 24.3 Å². The summed E-state index contributed by atoms with van der Waals surface area (Å²) in [5.41, 5.74) is 5.09. The zero-order chi connectivity index (χ0) is 25.9. The minimum atomic E-state index is -0.357. The Morgan fingerprint density at radius 1 is 1.31 bits per heavy atom. The Kier molecular flexibility index (Phi) is 7.96. The number of likely N-dealkylation sites (tertiary alicyclic amines) is 1. The molecule has 1 fully saturated rings. The molecule has 1 aliphatic heterocycles. The summed E-state index contributed by atoms with van der Waals surface area (Å²) in [4.78, 5) is 20.6. The molecule has 0 N–H and O–H groups in total. The molecule has 36 heavy (non-hydrogen) atoms. The number of allylic oxidation sites excluding steroid dienone is 6. The predicted molar refractivity (Wildman–Crippen MR) is 143 cm³/mol. The number of pyridine rings is 1. The van der Waals surface area contributed by atoms with E-state index in [2.05, 4.69) is 79.7 Å². The maximum Gasteiger partial charge on any atom is 0.339 e. The van der Waals surface area contributed by atoms with Crippen molar-refractivity contribution in [1.82, 2.24) is 14.8 Å². The zero-order valence-electron chi connectivity index (χ0n) is 22.3. The summed E-state index contributed by atoms with van der Waals surface area (Å²) in [5, 5.41) is 0. The highest BCUT2D eigenvalue weighted by Crippen LogP contribution is 2.43. The van der Waals surface area contributed by atoms with E-state index in [1.165, 1.54) is 18.3 Å². The molecule has 192 valence electrons. The van der Waals surface area contributed by atoms with Gasteiger partial charge in [0, 0.05) is 31.4 Å². The van der Waals surface area contributed by atoms with Crippen LogP contribution >= 0.6 is 0 Å². The average molecular weight is 490 g/mol. The highest BCUT2D eigenvalue weighted by molar-refractivity contribution is 5.88. The predicted octanol–water partition coefficient (Wildman–Crippen LogP) is 5.07. The largest absolute Gasteiger partial charge is 0.494 e. The number of hydrogen-bond acceptors (Lipinski definition) is 6. The fraction of sp³-hybridized carbons (Fsp3) is 0.467. The van der Waals surface area contributed by atoms with Crippen LogP contribution in [0.5, 0.6) is 0 Å². The number of rotatable bonds is 9. The number of ether oxygens (including phenoxy) is 2. The number of nitrogens with zero attached hydrogens (tertiary/aromatic N) is 3. The van der Waals surface area contributed by atoms with Crippen LogP contribution in [0.15, 0.2) is 77.8 Å². The molecule has 2 heterocycles. The summed E-state index contributed by atoms with van der Waals surface area (Å²) in [6.07, 6.45) is 16.0. The Labute approximate surface area is 215 Å². The van der Waals surface area contributed by atoms with Gasteiger partial charge in [-0.1, -0.05) is 37.0 Å². The molecule has 6 heteroatoms. The van der Waals surface area contributed by atoms with E-state index < -0.39 is 0 Å². The number of hydrogen-bond donors (Lipinski definition) is 0. The molecule has 4 rings (SSSR count). The van der Waals surface area contributed by atoms with E-state index in [0.717, 1.165) is 55.9 Å². The number of esters is 1. The van der Waals surface area contributed by atoms with Gasteiger partial charge in [0.2, 0.25) is 0 Å². The van der Waals surface area contributed by atoms with Crippen LogP contribution in [0.25, 0.3) is 0 Å². The molecule has 3 aliphatic rings. The number of methoxy groups -OCH3 is 1. The second-order valence-electron chi connectivity index (χ2n) is 10.5. The quantitative estimate of drug-likeness (QED) is 0.357. The molecule has 1 saturated heterocycles. The van der Waals surface area contributed by atoms with Gasteiger partial charge in [-0.25, -0.2) is 4.79 Å². The van der Waals surface area contributed by atoms with Crippen LogP contribution in [0.1, 0.15) is 49.2 Å². The van der Waals surface area contributed by atoms with E-state index in [0.29, 0.717) is 11.5 Å². The van der Waals surface area contributed by atoms with Crippen LogP contribution < -0.4 is 0 Å². The lowest BCUT2D eigenvalue weighted by atomic mass is 9.87. The van der Waals surface area contributed by atoms with E-state index in [1.54, 1.807) is 12.3 Å². The van der Waals surface area contributed by atoms with Gasteiger partial charge in [0.15, 0.2) is 0 Å². The van der Waals surface area contributed by atoms with E-state index >= 15 is 0 Å². The highest BCUT2D eigenvalue weighted by atomic mass is 16.5. The zero-order valence-corrected chi connectivity index (χ0v) is 22.3. The van der Waals surface area contributed by atoms with Gasteiger partial charge in [0.1, 0.15) is 11.9 Å². The summed E-state index contributed by atoms with van der Waals surface area (Å²) >= 11 is 0. The lowest BCUT2D eigenvalue weighted by Crippen LogP contribution is -2.39. The van der Waals surface area contributed by atoms with Crippen LogP contribution in [-0.2, 0) is 16.0 Å². The standard InChI is InChI=1S/C30H39N3O3/c1-21(23-11-15-30(3,16-12-23)32(4)5)7-10-27-22(2)28(27)36-26-13-17-33(18-14-26)20-25-9-8-24(19-31-25)29(34)35-6/h7-12,15,19,26-27H,1,13-14,16-18,20H2,2-6H3/b10-7-/t27?,30-/m0/s1. The molecule has 6 nitrogen and oxygen atoms in total. The summed E-state index contributed by atoms with van der Waals surface area (Å²) in [6.45, 7) is 11.4. The molecule has 0 radical (unpaired) electrons. The summed E-state index contributed by atoms with van der Waals surface area (Å²) in [7, 11) is 5.62. The Morgan fingerprint density at radius 2 is 2.06 bits per heavy atom. The molecular weight excluding hydrogens is 450 g/mol. The summed E-state index contributed by atoms with van der Waals surface area (Å²) in [5.74, 6) is 1.08. The first kappa shape index (κ1) is 26.1. The SMILES string of the molecule is C=C(/C=C\C1C(C)=C1OC1CCN(Cc2ccc(C(=O)OC)cn2)CC1)C1=CC[C@@](C)(N(C)C)C=C1. The first-order valence-electron chi connectivity index (χ1n) is 12.8. The van der Waals surface area contributed by atoms with Gasteiger partial charge in [-0.2, -0.15) is 0 Å². The molecule has 2 aliphatic carbocycles. The number of carbonyl (C=O) groups is 1. The van der Waals surface area contributed by atoms with Crippen LogP contribution in [0.4, 0.5) is 0 Å². The molecule has 0 aromatic carbocycles. The second kappa shape index (κ2) is 11.0. The van der Waals surface area contributed by atoms with Gasteiger partial charge < -0.3 is 14.4 Å². The lowest BCUT2D eigenvalue weighted by molar-refractivity contribution is 0.0510. The fourth-order valence-electron chi connectivity index (χ4n) is 4.67. The number of likely N-dealkylation sites (N-methyl/N-ethyl adjacent to an activating group) is 1. The van der Waals surface area contributed by atoms with Gasteiger partial charge >= 0.3 is 5.97 Å². The summed E-state index contributed by atoms with van der Waals surface area (Å²) in [6, 6.07) is 3.68. The van der Waals surface area contributed by atoms with Crippen LogP contribution in [0, 0.1) is 5.92 Å². The molecule has 2 atom stereocenters. The van der Waals surface area contributed by atoms with Crippen molar-refractivity contribution in [1.29, 1.82) is 0 Å². The first-order chi connectivity index (χ1) is 17.2. The van der Waals surface area contributed by atoms with Crippen molar-refractivity contribution in [3.63, 3.8) is 0 Å². The minimum Gasteiger partial charge on any atom is -0.494 e. The fourth-order valence-corrected chi connectivity index (χ4v) is 4.67. The van der Waals surface area contributed by atoms with Gasteiger partial charge in [0.25, 0.3) is 0 Å². The second-order valence-corrected chi connectivity index (χ2v) is 10.5. The molecule has 0 saturated carbocycles. The highest BCUT2D eigenvalue weighted by Gasteiger charge is 2.35. The van der Waals surface area contributed by atoms with Crippen molar-refractivity contribution in [2.45, 2.75) is 51.3 Å². The van der Waals surface area contributed by atoms with Gasteiger partial charge in [-0.3, -0.25) is 9.88 Å². The van der Waals surface area contributed by atoms with Crippen molar-refractivity contribution in [3.8, 4) is 0 Å². The molecule has 1 unspecified atom stereocenters. The maximum atomic E-state index is 11.6. The van der Waals surface area contributed by atoms with Gasteiger partial charge in [-0.05, 0) is 76.1 Å². The Balaban J connectivity index is 1.20. The number of carbonyl (C=O) groups excluding carboxylic acids is 1. The van der Waals surface area contributed by atoms with Crippen molar-refractivity contribution in [3.05, 3.63) is 89.0 Å². The van der Waals surface area contributed by atoms with Crippen LogP contribution in [0.2, 0.25) is 0 Å². The molecule has 0 amide bonds. The van der Waals surface area contributed by atoms with E-state index in [4.69, 9.17) is 9.47 Å². The third kappa shape index (κ3) is 6.05. The van der Waals surface area contributed by atoms with E-state index in [-0.39, 0.29) is 17.6 Å². The van der Waals surface area contributed by atoms with Crippen LogP contribution in [0.3, 0.4) is 0 Å². The Morgan fingerprint density at radius 3 is 2.64 bits per heavy atom. The number of piperidine rings is 1. The third-order valence-electron chi connectivity index (χ3n) is 7.75. The van der Waals surface area contributed by atoms with E-state index in [1.807, 2.05) is 6.07 Å². The summed E-state index contributed by atoms with van der Waals surface area (Å²) < 4.78 is 11.1. The van der Waals surface area contributed by atoms with E-state index in [9.17, 15) is 4.79 Å². The number of aromatic nitrogens is 1. The molecule has 0 spiro atoms.